The van der Waals surface area contributed by atoms with Gasteiger partial charge in [-0.2, -0.15) is 5.10 Å². The van der Waals surface area contributed by atoms with Gasteiger partial charge in [-0.05, 0) is 33.6 Å². The summed E-state index contributed by atoms with van der Waals surface area (Å²) in [6.07, 6.45) is 1.41. The molecule has 1 saturated heterocycles. The van der Waals surface area contributed by atoms with Crippen LogP contribution in [0.15, 0.2) is 4.79 Å². The van der Waals surface area contributed by atoms with E-state index in [0.29, 0.717) is 18.9 Å². The molecule has 24 heavy (non-hydrogen) atoms. The Balaban J connectivity index is 1.78. The highest BCUT2D eigenvalue weighted by atomic mass is 16.6. The number of rotatable bonds is 4. The van der Waals surface area contributed by atoms with Crippen molar-refractivity contribution in [1.82, 2.24) is 25.4 Å². The molecular formula is C15H25N5O4. The summed E-state index contributed by atoms with van der Waals surface area (Å²) in [7, 11) is 0. The molecule has 1 aliphatic heterocycles. The Morgan fingerprint density at radius 2 is 2.17 bits per heavy atom. The number of nitrogens with zero attached hydrogens (tertiary/aromatic N) is 2. The second kappa shape index (κ2) is 7.50. The first kappa shape index (κ1) is 18.0. The number of nitrogens with one attached hydrogen (secondary N) is 3. The number of ether oxygens (including phenoxy) is 1. The number of hydrogen-bond donors (Lipinski definition) is 3. The fourth-order valence-electron chi connectivity index (χ4n) is 2.65. The quantitative estimate of drug-likeness (QED) is 0.746. The summed E-state index contributed by atoms with van der Waals surface area (Å²) in [5.41, 5.74) is -0.899. The van der Waals surface area contributed by atoms with E-state index in [1.54, 1.807) is 25.7 Å². The summed E-state index contributed by atoms with van der Waals surface area (Å²) in [6, 6.07) is 0. The zero-order valence-corrected chi connectivity index (χ0v) is 14.3. The van der Waals surface area contributed by atoms with Gasteiger partial charge in [-0.1, -0.05) is 0 Å². The molecule has 1 fully saturated rings. The zero-order chi connectivity index (χ0) is 17.7. The SMILES string of the molecule is CC(C)(C)OC(=O)NCCC(=O)N1CCC[C@H](c2n[nH]c(=O)[nH]2)C1. The number of likely N-dealkylation sites (tertiary alicyclic amines) is 1. The lowest BCUT2D eigenvalue weighted by Crippen LogP contribution is -2.41. The van der Waals surface area contributed by atoms with Crippen molar-refractivity contribution in [1.29, 1.82) is 0 Å². The van der Waals surface area contributed by atoms with Crippen molar-refractivity contribution < 1.29 is 14.3 Å². The van der Waals surface area contributed by atoms with Gasteiger partial charge in [0.05, 0.1) is 0 Å². The van der Waals surface area contributed by atoms with Crippen LogP contribution >= 0.6 is 0 Å². The molecule has 0 aromatic carbocycles. The molecule has 1 aliphatic rings. The molecule has 0 spiro atoms. The van der Waals surface area contributed by atoms with Crippen molar-refractivity contribution in [2.75, 3.05) is 19.6 Å². The Hall–Kier alpha value is -2.32. The first-order valence-electron chi connectivity index (χ1n) is 8.14. The molecule has 3 N–H and O–H groups in total. The van der Waals surface area contributed by atoms with Crippen molar-refractivity contribution in [3.05, 3.63) is 16.3 Å². The number of alkyl carbamates (subject to hydrolysis) is 1. The molecular weight excluding hydrogens is 314 g/mol. The van der Waals surface area contributed by atoms with Crippen molar-refractivity contribution in [2.45, 2.75) is 51.6 Å². The Morgan fingerprint density at radius 3 is 2.79 bits per heavy atom. The summed E-state index contributed by atoms with van der Waals surface area (Å²) < 4.78 is 5.12. The Morgan fingerprint density at radius 1 is 1.42 bits per heavy atom. The number of carbonyl (C=O) groups excluding carboxylic acids is 2. The fraction of sp³-hybridized carbons (Fsp3) is 0.733. The molecule has 9 nitrogen and oxygen atoms in total. The van der Waals surface area contributed by atoms with E-state index in [2.05, 4.69) is 20.5 Å². The summed E-state index contributed by atoms with van der Waals surface area (Å²) in [5, 5.41) is 8.88. The monoisotopic (exact) mass is 339 g/mol. The predicted octanol–water partition coefficient (Wildman–Crippen LogP) is 0.719. The maximum atomic E-state index is 12.3. The van der Waals surface area contributed by atoms with E-state index in [0.717, 1.165) is 12.8 Å². The van der Waals surface area contributed by atoms with Crippen LogP contribution in [0.2, 0.25) is 0 Å². The van der Waals surface area contributed by atoms with Gasteiger partial charge in [0.15, 0.2) is 0 Å². The van der Waals surface area contributed by atoms with Crippen molar-refractivity contribution in [3.8, 4) is 0 Å². The molecule has 0 unspecified atom stereocenters. The minimum Gasteiger partial charge on any atom is -0.444 e. The molecule has 2 heterocycles. The standard InChI is InChI=1S/C15H25N5O4/c1-15(2,3)24-14(23)16-7-6-11(21)20-8-4-5-10(9-20)12-17-13(22)19-18-12/h10H,4-9H2,1-3H3,(H,16,23)(H2,17,18,19,22)/t10-/m0/s1. The molecule has 0 saturated carbocycles. The van der Waals surface area contributed by atoms with E-state index in [1.807, 2.05) is 0 Å². The van der Waals surface area contributed by atoms with Crippen LogP contribution in [0, 0.1) is 0 Å². The lowest BCUT2D eigenvalue weighted by molar-refractivity contribution is -0.132. The molecule has 1 atom stereocenters. The van der Waals surface area contributed by atoms with Crippen LogP contribution in [0.4, 0.5) is 4.79 Å². The van der Waals surface area contributed by atoms with E-state index >= 15 is 0 Å². The number of piperidine rings is 1. The number of hydrogen-bond acceptors (Lipinski definition) is 5. The van der Waals surface area contributed by atoms with Gasteiger partial charge >= 0.3 is 11.8 Å². The van der Waals surface area contributed by atoms with Crippen LogP contribution in [0.5, 0.6) is 0 Å². The smallest absolute Gasteiger partial charge is 0.407 e. The lowest BCUT2D eigenvalue weighted by Gasteiger charge is -2.31. The third-order valence-electron chi connectivity index (χ3n) is 3.69. The largest absolute Gasteiger partial charge is 0.444 e. The highest BCUT2D eigenvalue weighted by Gasteiger charge is 2.26. The number of aromatic nitrogens is 3. The van der Waals surface area contributed by atoms with Gasteiger partial charge in [-0.15, -0.1) is 0 Å². The third-order valence-corrected chi connectivity index (χ3v) is 3.69. The van der Waals surface area contributed by atoms with Gasteiger partial charge in [0.1, 0.15) is 11.4 Å². The summed E-state index contributed by atoms with van der Waals surface area (Å²) in [5.74, 6) is 0.582. The van der Waals surface area contributed by atoms with E-state index in [4.69, 9.17) is 4.74 Å². The first-order valence-corrected chi connectivity index (χ1v) is 8.14. The van der Waals surface area contributed by atoms with Crippen molar-refractivity contribution in [2.24, 2.45) is 0 Å². The molecule has 134 valence electrons. The molecule has 1 aromatic heterocycles. The van der Waals surface area contributed by atoms with Crippen molar-refractivity contribution in [3.63, 3.8) is 0 Å². The molecule has 2 rings (SSSR count). The first-order chi connectivity index (χ1) is 11.2. The zero-order valence-electron chi connectivity index (χ0n) is 14.3. The number of carbonyl (C=O) groups is 2. The highest BCUT2D eigenvalue weighted by molar-refractivity contribution is 5.77. The van der Waals surface area contributed by atoms with Crippen LogP contribution in [0.3, 0.4) is 0 Å². The third kappa shape index (κ3) is 5.39. The van der Waals surface area contributed by atoms with E-state index in [1.165, 1.54) is 0 Å². The van der Waals surface area contributed by atoms with Crippen LogP contribution in [-0.2, 0) is 9.53 Å². The molecule has 9 heteroatoms. The van der Waals surface area contributed by atoms with Gasteiger partial charge in [0, 0.05) is 32.0 Å². The molecule has 0 bridgehead atoms. The molecule has 1 aromatic rings. The van der Waals surface area contributed by atoms with Crippen LogP contribution < -0.4 is 11.0 Å². The Bertz CT molecular complexity index is 630. The molecule has 0 radical (unpaired) electrons. The Labute approximate surface area is 140 Å². The second-order valence-corrected chi connectivity index (χ2v) is 6.92. The van der Waals surface area contributed by atoms with Gasteiger partial charge in [0.25, 0.3) is 0 Å². The summed E-state index contributed by atoms with van der Waals surface area (Å²) in [4.78, 5) is 39.4. The maximum Gasteiger partial charge on any atom is 0.407 e. The number of H-pyrrole nitrogens is 2. The normalized spacial score (nSPS) is 18.3. The maximum absolute atomic E-state index is 12.3. The minimum absolute atomic E-state index is 0.0282. The molecule has 2 amide bonds. The van der Waals surface area contributed by atoms with Crippen molar-refractivity contribution >= 4 is 12.0 Å². The highest BCUT2D eigenvalue weighted by Crippen LogP contribution is 2.23. The van der Waals surface area contributed by atoms with Gasteiger partial charge in [-0.3, -0.25) is 9.78 Å². The van der Waals surface area contributed by atoms with Crippen LogP contribution in [0.25, 0.3) is 0 Å². The summed E-state index contributed by atoms with van der Waals surface area (Å²) in [6.45, 7) is 6.78. The van der Waals surface area contributed by atoms with Crippen LogP contribution in [-0.4, -0.2) is 57.3 Å². The predicted molar refractivity (Wildman–Crippen MR) is 86.6 cm³/mol. The fourth-order valence-corrected chi connectivity index (χ4v) is 2.65. The van der Waals surface area contributed by atoms with E-state index < -0.39 is 11.7 Å². The topological polar surface area (TPSA) is 120 Å². The Kier molecular flexibility index (Phi) is 5.63. The minimum atomic E-state index is -0.561. The van der Waals surface area contributed by atoms with Gasteiger partial charge in [-0.25, -0.2) is 14.7 Å². The molecule has 0 aliphatic carbocycles. The number of amides is 2. The summed E-state index contributed by atoms with van der Waals surface area (Å²) >= 11 is 0. The van der Waals surface area contributed by atoms with E-state index in [9.17, 15) is 14.4 Å². The average Bonchev–Trinajstić information content (AvgIpc) is 2.92. The second-order valence-electron chi connectivity index (χ2n) is 6.92. The van der Waals surface area contributed by atoms with Crippen LogP contribution in [0.1, 0.15) is 51.8 Å². The lowest BCUT2D eigenvalue weighted by atomic mass is 9.97. The van der Waals surface area contributed by atoms with Gasteiger partial charge in [0.2, 0.25) is 5.91 Å². The average molecular weight is 339 g/mol. The van der Waals surface area contributed by atoms with Gasteiger partial charge < -0.3 is 15.0 Å². The number of aromatic amines is 2. The van der Waals surface area contributed by atoms with E-state index in [-0.39, 0.29) is 30.5 Å².